The van der Waals surface area contributed by atoms with Crippen molar-refractivity contribution in [1.29, 1.82) is 0 Å². The molecular formula is C15H19NO. The van der Waals surface area contributed by atoms with Gasteiger partial charge < -0.3 is 9.73 Å². The smallest absolute Gasteiger partial charge is 0.0947 e. The van der Waals surface area contributed by atoms with Crippen LogP contribution >= 0.6 is 0 Å². The van der Waals surface area contributed by atoms with Crippen LogP contribution in [0.15, 0.2) is 47.3 Å². The highest BCUT2D eigenvalue weighted by Gasteiger charge is 2.05. The summed E-state index contributed by atoms with van der Waals surface area (Å²) in [5, 5.41) is 3.50. The molecule has 1 atom stereocenters. The van der Waals surface area contributed by atoms with Crippen LogP contribution in [-0.4, -0.2) is 6.04 Å². The first-order valence-corrected chi connectivity index (χ1v) is 6.04. The lowest BCUT2D eigenvalue weighted by atomic mass is 10.0. The number of furan rings is 1. The molecule has 1 N–H and O–H groups in total. The van der Waals surface area contributed by atoms with Crippen molar-refractivity contribution in [2.75, 3.05) is 0 Å². The first-order chi connectivity index (χ1) is 8.25. The van der Waals surface area contributed by atoms with Gasteiger partial charge in [-0.05, 0) is 37.5 Å². The van der Waals surface area contributed by atoms with Crippen LogP contribution in [0.3, 0.4) is 0 Å². The zero-order valence-electron chi connectivity index (χ0n) is 10.4. The van der Waals surface area contributed by atoms with E-state index in [1.54, 1.807) is 12.5 Å². The summed E-state index contributed by atoms with van der Waals surface area (Å²) in [5.41, 5.74) is 3.98. The Labute approximate surface area is 103 Å². The van der Waals surface area contributed by atoms with Gasteiger partial charge in [-0.15, -0.1) is 0 Å². The van der Waals surface area contributed by atoms with Gasteiger partial charge in [0.2, 0.25) is 0 Å². The summed E-state index contributed by atoms with van der Waals surface area (Å²) in [7, 11) is 0. The van der Waals surface area contributed by atoms with Crippen molar-refractivity contribution in [3.63, 3.8) is 0 Å². The molecule has 0 saturated heterocycles. The second kappa shape index (κ2) is 5.69. The van der Waals surface area contributed by atoms with Crippen molar-refractivity contribution >= 4 is 0 Å². The molecule has 1 aromatic heterocycles. The van der Waals surface area contributed by atoms with Gasteiger partial charge in [0.05, 0.1) is 12.5 Å². The topological polar surface area (TPSA) is 25.2 Å². The van der Waals surface area contributed by atoms with E-state index in [0.29, 0.717) is 6.04 Å². The molecule has 1 unspecified atom stereocenters. The molecule has 0 radical (unpaired) electrons. The third kappa shape index (κ3) is 3.46. The van der Waals surface area contributed by atoms with Gasteiger partial charge >= 0.3 is 0 Å². The molecule has 0 saturated carbocycles. The van der Waals surface area contributed by atoms with Crippen LogP contribution in [0.5, 0.6) is 0 Å². The molecular weight excluding hydrogens is 210 g/mol. The average molecular weight is 229 g/mol. The van der Waals surface area contributed by atoms with E-state index in [4.69, 9.17) is 4.42 Å². The summed E-state index contributed by atoms with van der Waals surface area (Å²) < 4.78 is 5.04. The van der Waals surface area contributed by atoms with Crippen molar-refractivity contribution < 1.29 is 4.42 Å². The van der Waals surface area contributed by atoms with Gasteiger partial charge in [-0.3, -0.25) is 0 Å². The molecule has 2 nitrogen and oxygen atoms in total. The number of rotatable bonds is 5. The zero-order chi connectivity index (χ0) is 12.1. The first kappa shape index (κ1) is 11.9. The van der Waals surface area contributed by atoms with Crippen LogP contribution in [0.25, 0.3) is 0 Å². The average Bonchev–Trinajstić information content (AvgIpc) is 2.82. The molecule has 1 aromatic carbocycles. The van der Waals surface area contributed by atoms with Gasteiger partial charge in [0.25, 0.3) is 0 Å². The Hall–Kier alpha value is -1.54. The summed E-state index contributed by atoms with van der Waals surface area (Å²) in [6.07, 6.45) is 4.56. The van der Waals surface area contributed by atoms with Crippen molar-refractivity contribution in [3.8, 4) is 0 Å². The maximum absolute atomic E-state index is 5.04. The van der Waals surface area contributed by atoms with Gasteiger partial charge in [0, 0.05) is 18.2 Å². The zero-order valence-corrected chi connectivity index (χ0v) is 10.4. The fourth-order valence-corrected chi connectivity index (χ4v) is 1.93. The van der Waals surface area contributed by atoms with Crippen LogP contribution in [0.4, 0.5) is 0 Å². The van der Waals surface area contributed by atoms with Gasteiger partial charge in [0.1, 0.15) is 0 Å². The molecule has 0 aliphatic rings. The molecule has 90 valence electrons. The van der Waals surface area contributed by atoms with E-state index in [1.807, 2.05) is 6.07 Å². The van der Waals surface area contributed by atoms with Crippen LogP contribution < -0.4 is 5.32 Å². The molecule has 0 aliphatic carbocycles. The molecule has 0 bridgehead atoms. The lowest BCUT2D eigenvalue weighted by Crippen LogP contribution is -2.27. The van der Waals surface area contributed by atoms with Crippen LogP contribution in [-0.2, 0) is 13.0 Å². The molecule has 0 aliphatic heterocycles. The summed E-state index contributed by atoms with van der Waals surface area (Å²) in [5.74, 6) is 0. The maximum Gasteiger partial charge on any atom is 0.0947 e. The Bertz CT molecular complexity index is 448. The highest BCUT2D eigenvalue weighted by atomic mass is 16.3. The van der Waals surface area contributed by atoms with Gasteiger partial charge in [0.15, 0.2) is 0 Å². The third-order valence-electron chi connectivity index (χ3n) is 3.02. The minimum atomic E-state index is 0.464. The second-order valence-corrected chi connectivity index (χ2v) is 4.54. The molecule has 0 spiro atoms. The SMILES string of the molecule is Cc1ccccc1CC(C)NCc1ccoc1. The maximum atomic E-state index is 5.04. The summed E-state index contributed by atoms with van der Waals surface area (Å²) >= 11 is 0. The Kier molecular flexibility index (Phi) is 3.99. The summed E-state index contributed by atoms with van der Waals surface area (Å²) in [6.45, 7) is 5.24. The fraction of sp³-hybridized carbons (Fsp3) is 0.333. The second-order valence-electron chi connectivity index (χ2n) is 4.54. The Morgan fingerprint density at radius 3 is 2.76 bits per heavy atom. The fourth-order valence-electron chi connectivity index (χ4n) is 1.93. The lowest BCUT2D eigenvalue weighted by molar-refractivity contribution is 0.532. The van der Waals surface area contributed by atoms with Crippen LogP contribution in [0, 0.1) is 6.92 Å². The molecule has 17 heavy (non-hydrogen) atoms. The molecule has 2 aromatic rings. The summed E-state index contributed by atoms with van der Waals surface area (Å²) in [6, 6.07) is 11.0. The predicted octanol–water partition coefficient (Wildman–Crippen LogP) is 3.31. The van der Waals surface area contributed by atoms with Crippen molar-refractivity contribution in [3.05, 3.63) is 59.5 Å². The van der Waals surface area contributed by atoms with E-state index >= 15 is 0 Å². The highest BCUT2D eigenvalue weighted by molar-refractivity contribution is 5.26. The number of benzene rings is 1. The number of hydrogen-bond donors (Lipinski definition) is 1. The Balaban J connectivity index is 1.85. The quantitative estimate of drug-likeness (QED) is 0.851. The largest absolute Gasteiger partial charge is 0.472 e. The van der Waals surface area contributed by atoms with E-state index in [9.17, 15) is 0 Å². The Morgan fingerprint density at radius 1 is 1.24 bits per heavy atom. The number of aryl methyl sites for hydroxylation is 1. The van der Waals surface area contributed by atoms with Crippen molar-refractivity contribution in [2.24, 2.45) is 0 Å². The van der Waals surface area contributed by atoms with E-state index in [0.717, 1.165) is 13.0 Å². The first-order valence-electron chi connectivity index (χ1n) is 6.04. The molecule has 0 fully saturated rings. The summed E-state index contributed by atoms with van der Waals surface area (Å²) in [4.78, 5) is 0. The molecule has 0 amide bonds. The standard InChI is InChI=1S/C15H19NO/c1-12-5-3-4-6-15(12)9-13(2)16-10-14-7-8-17-11-14/h3-8,11,13,16H,9-10H2,1-2H3. The lowest BCUT2D eigenvalue weighted by Gasteiger charge is -2.14. The van der Waals surface area contributed by atoms with Crippen LogP contribution in [0.1, 0.15) is 23.6 Å². The molecule has 1 heterocycles. The van der Waals surface area contributed by atoms with Crippen LogP contribution in [0.2, 0.25) is 0 Å². The van der Waals surface area contributed by atoms with Gasteiger partial charge in [-0.2, -0.15) is 0 Å². The Morgan fingerprint density at radius 2 is 2.06 bits per heavy atom. The predicted molar refractivity (Wildman–Crippen MR) is 69.9 cm³/mol. The van der Waals surface area contributed by atoms with E-state index in [2.05, 4.69) is 43.4 Å². The molecule has 2 rings (SSSR count). The minimum absolute atomic E-state index is 0.464. The monoisotopic (exact) mass is 229 g/mol. The normalized spacial score (nSPS) is 12.6. The number of hydrogen-bond acceptors (Lipinski definition) is 2. The van der Waals surface area contributed by atoms with Crippen molar-refractivity contribution in [1.82, 2.24) is 5.32 Å². The number of nitrogens with one attached hydrogen (secondary N) is 1. The van der Waals surface area contributed by atoms with E-state index < -0.39 is 0 Å². The third-order valence-corrected chi connectivity index (χ3v) is 3.02. The van der Waals surface area contributed by atoms with Gasteiger partial charge in [-0.25, -0.2) is 0 Å². The van der Waals surface area contributed by atoms with Gasteiger partial charge in [-0.1, -0.05) is 24.3 Å². The van der Waals surface area contributed by atoms with E-state index in [1.165, 1.54) is 16.7 Å². The van der Waals surface area contributed by atoms with Crippen molar-refractivity contribution in [2.45, 2.75) is 32.9 Å². The molecule has 2 heteroatoms. The van der Waals surface area contributed by atoms with E-state index in [-0.39, 0.29) is 0 Å². The highest BCUT2D eigenvalue weighted by Crippen LogP contribution is 2.10. The minimum Gasteiger partial charge on any atom is -0.472 e.